The van der Waals surface area contributed by atoms with Crippen molar-refractivity contribution in [2.24, 2.45) is 5.92 Å². The van der Waals surface area contributed by atoms with Crippen LogP contribution >= 0.6 is 0 Å². The number of nitrogens with zero attached hydrogens (tertiary/aromatic N) is 2. The van der Waals surface area contributed by atoms with E-state index in [1.807, 2.05) is 24.3 Å². The maximum Gasteiger partial charge on any atom is 0.226 e. The molecule has 0 amide bonds. The van der Waals surface area contributed by atoms with E-state index in [0.717, 1.165) is 54.9 Å². The van der Waals surface area contributed by atoms with E-state index in [1.165, 1.54) is 6.42 Å². The van der Waals surface area contributed by atoms with Crippen molar-refractivity contribution in [1.82, 2.24) is 15.5 Å². The van der Waals surface area contributed by atoms with Crippen molar-refractivity contribution in [1.29, 1.82) is 0 Å². The van der Waals surface area contributed by atoms with Crippen LogP contribution in [0.1, 0.15) is 30.1 Å². The number of aryl methyl sites for hydroxylation is 1. The summed E-state index contributed by atoms with van der Waals surface area (Å²) in [6.45, 7) is 2.25. The predicted molar refractivity (Wildman–Crippen MR) is 79.4 cm³/mol. The highest BCUT2D eigenvalue weighted by molar-refractivity contribution is 5.28. The van der Waals surface area contributed by atoms with Crippen molar-refractivity contribution < 1.29 is 9.26 Å². The number of methoxy groups -OCH3 is 1. The van der Waals surface area contributed by atoms with Crippen molar-refractivity contribution in [3.05, 3.63) is 41.5 Å². The number of aromatic nitrogens is 2. The molecule has 1 saturated heterocycles. The quantitative estimate of drug-likeness (QED) is 0.882. The fraction of sp³-hybridized carbons (Fsp3) is 0.500. The molecule has 0 saturated carbocycles. The third-order valence-corrected chi connectivity index (χ3v) is 3.96. The van der Waals surface area contributed by atoms with Gasteiger partial charge in [0.25, 0.3) is 0 Å². The average molecular weight is 287 g/mol. The zero-order chi connectivity index (χ0) is 14.5. The monoisotopic (exact) mass is 287 g/mol. The minimum atomic E-state index is 0.693. The summed E-state index contributed by atoms with van der Waals surface area (Å²) in [4.78, 5) is 4.48. The van der Waals surface area contributed by atoms with Crippen LogP contribution in [0.5, 0.6) is 5.75 Å². The van der Waals surface area contributed by atoms with Crippen LogP contribution in [-0.4, -0.2) is 30.3 Å². The van der Waals surface area contributed by atoms with E-state index in [-0.39, 0.29) is 0 Å². The fourth-order valence-corrected chi connectivity index (χ4v) is 2.68. The molecule has 5 heteroatoms. The van der Waals surface area contributed by atoms with Crippen molar-refractivity contribution in [3.63, 3.8) is 0 Å². The first-order chi connectivity index (χ1) is 10.3. The molecular formula is C16H21N3O2. The maximum atomic E-state index is 5.34. The predicted octanol–water partition coefficient (Wildman–Crippen LogP) is 2.21. The molecule has 5 nitrogen and oxygen atoms in total. The minimum Gasteiger partial charge on any atom is -0.497 e. The van der Waals surface area contributed by atoms with Crippen LogP contribution in [0.4, 0.5) is 0 Å². The molecule has 0 radical (unpaired) electrons. The summed E-state index contributed by atoms with van der Waals surface area (Å²) < 4.78 is 10.5. The van der Waals surface area contributed by atoms with Crippen LogP contribution in [-0.2, 0) is 12.8 Å². The van der Waals surface area contributed by atoms with E-state index in [4.69, 9.17) is 9.26 Å². The van der Waals surface area contributed by atoms with Gasteiger partial charge in [0.15, 0.2) is 5.82 Å². The molecule has 21 heavy (non-hydrogen) atoms. The zero-order valence-electron chi connectivity index (χ0n) is 12.3. The molecule has 0 aliphatic carbocycles. The Kier molecular flexibility index (Phi) is 4.50. The Morgan fingerprint density at radius 3 is 2.90 bits per heavy atom. The van der Waals surface area contributed by atoms with E-state index < -0.39 is 0 Å². The molecule has 1 atom stereocenters. The highest BCUT2D eigenvalue weighted by Crippen LogP contribution is 2.16. The molecule has 1 N–H and O–H groups in total. The average Bonchev–Trinajstić information content (AvgIpc) is 3.17. The molecule has 2 heterocycles. The van der Waals surface area contributed by atoms with Crippen LogP contribution < -0.4 is 10.1 Å². The van der Waals surface area contributed by atoms with Gasteiger partial charge < -0.3 is 14.6 Å². The van der Waals surface area contributed by atoms with Crippen LogP contribution in [0, 0.1) is 5.92 Å². The van der Waals surface area contributed by atoms with Crippen LogP contribution in [0.25, 0.3) is 0 Å². The summed E-state index contributed by atoms with van der Waals surface area (Å²) in [5.41, 5.74) is 1.16. The SMILES string of the molecule is COc1ccc(Cc2noc(CCC3CCNC3)n2)cc1. The summed E-state index contributed by atoms with van der Waals surface area (Å²) in [5.74, 6) is 3.12. The van der Waals surface area contributed by atoms with Crippen molar-refractivity contribution in [2.75, 3.05) is 20.2 Å². The Hall–Kier alpha value is -1.88. The van der Waals surface area contributed by atoms with Gasteiger partial charge in [0, 0.05) is 12.8 Å². The van der Waals surface area contributed by atoms with Gasteiger partial charge in [0.2, 0.25) is 5.89 Å². The smallest absolute Gasteiger partial charge is 0.226 e. The first kappa shape index (κ1) is 14.1. The lowest BCUT2D eigenvalue weighted by Crippen LogP contribution is -2.09. The number of nitrogens with one attached hydrogen (secondary N) is 1. The normalized spacial score (nSPS) is 18.0. The second-order valence-corrected chi connectivity index (χ2v) is 5.53. The van der Waals surface area contributed by atoms with Crippen molar-refractivity contribution in [3.8, 4) is 5.75 Å². The molecule has 1 fully saturated rings. The van der Waals surface area contributed by atoms with E-state index in [2.05, 4.69) is 15.5 Å². The summed E-state index contributed by atoms with van der Waals surface area (Å²) in [6.07, 6.45) is 3.95. The summed E-state index contributed by atoms with van der Waals surface area (Å²) >= 11 is 0. The molecule has 1 unspecified atom stereocenters. The van der Waals surface area contributed by atoms with Crippen LogP contribution in [0.15, 0.2) is 28.8 Å². The third-order valence-electron chi connectivity index (χ3n) is 3.96. The molecule has 1 aliphatic heterocycles. The van der Waals surface area contributed by atoms with Gasteiger partial charge in [-0.1, -0.05) is 17.3 Å². The number of rotatable bonds is 6. The van der Waals surface area contributed by atoms with Gasteiger partial charge in [-0.3, -0.25) is 0 Å². The third kappa shape index (κ3) is 3.82. The first-order valence-electron chi connectivity index (χ1n) is 7.48. The van der Waals surface area contributed by atoms with Gasteiger partial charge in [0.1, 0.15) is 5.75 Å². The molecule has 1 aromatic carbocycles. The topological polar surface area (TPSA) is 60.2 Å². The van der Waals surface area contributed by atoms with Crippen LogP contribution in [0.2, 0.25) is 0 Å². The first-order valence-corrected chi connectivity index (χ1v) is 7.48. The number of benzene rings is 1. The highest BCUT2D eigenvalue weighted by atomic mass is 16.5. The Morgan fingerprint density at radius 2 is 2.19 bits per heavy atom. The minimum absolute atomic E-state index is 0.693. The maximum absolute atomic E-state index is 5.34. The van der Waals surface area contributed by atoms with E-state index in [0.29, 0.717) is 6.42 Å². The van der Waals surface area contributed by atoms with E-state index in [1.54, 1.807) is 7.11 Å². The summed E-state index contributed by atoms with van der Waals surface area (Å²) in [6, 6.07) is 7.95. The van der Waals surface area contributed by atoms with E-state index >= 15 is 0 Å². The molecule has 1 aromatic heterocycles. The lowest BCUT2D eigenvalue weighted by molar-refractivity contribution is 0.361. The Labute approximate surface area is 124 Å². The van der Waals surface area contributed by atoms with Gasteiger partial charge in [0.05, 0.1) is 7.11 Å². The molecule has 1 aliphatic rings. The lowest BCUT2D eigenvalue weighted by Gasteiger charge is -2.04. The van der Waals surface area contributed by atoms with Gasteiger partial charge in [-0.05, 0) is 49.5 Å². The second kappa shape index (κ2) is 6.72. The fourth-order valence-electron chi connectivity index (χ4n) is 2.68. The summed E-state index contributed by atoms with van der Waals surface area (Å²) in [7, 11) is 1.67. The van der Waals surface area contributed by atoms with Gasteiger partial charge >= 0.3 is 0 Å². The molecule has 3 rings (SSSR count). The standard InChI is InChI=1S/C16H21N3O2/c1-20-14-5-2-12(3-6-14)10-15-18-16(21-19-15)7-4-13-8-9-17-11-13/h2-3,5-6,13,17H,4,7-11H2,1H3. The largest absolute Gasteiger partial charge is 0.497 e. The lowest BCUT2D eigenvalue weighted by atomic mass is 10.0. The summed E-state index contributed by atoms with van der Waals surface area (Å²) in [5, 5.41) is 7.45. The zero-order valence-corrected chi connectivity index (χ0v) is 12.3. The number of hydrogen-bond donors (Lipinski definition) is 1. The van der Waals surface area contributed by atoms with Crippen LogP contribution in [0.3, 0.4) is 0 Å². The number of hydrogen-bond acceptors (Lipinski definition) is 5. The van der Waals surface area contributed by atoms with Gasteiger partial charge in [-0.2, -0.15) is 4.98 Å². The molecule has 0 bridgehead atoms. The number of ether oxygens (including phenoxy) is 1. The Balaban J connectivity index is 1.53. The molecule has 112 valence electrons. The van der Waals surface area contributed by atoms with Crippen molar-refractivity contribution >= 4 is 0 Å². The van der Waals surface area contributed by atoms with E-state index in [9.17, 15) is 0 Å². The van der Waals surface area contributed by atoms with Gasteiger partial charge in [-0.15, -0.1) is 0 Å². The Bertz CT molecular complexity index is 559. The highest BCUT2D eigenvalue weighted by Gasteiger charge is 2.16. The molecule has 2 aromatic rings. The van der Waals surface area contributed by atoms with Crippen molar-refractivity contribution in [2.45, 2.75) is 25.7 Å². The molecule has 0 spiro atoms. The van der Waals surface area contributed by atoms with Gasteiger partial charge in [-0.25, -0.2) is 0 Å². The molecular weight excluding hydrogens is 266 g/mol. The second-order valence-electron chi connectivity index (χ2n) is 5.53. The Morgan fingerprint density at radius 1 is 1.33 bits per heavy atom.